The van der Waals surface area contributed by atoms with E-state index in [0.29, 0.717) is 12.6 Å². The maximum Gasteiger partial charge on any atom is 0.126 e. The summed E-state index contributed by atoms with van der Waals surface area (Å²) in [5.41, 5.74) is 0. The van der Waals surface area contributed by atoms with Crippen molar-refractivity contribution in [3.63, 3.8) is 0 Å². The zero-order valence-electron chi connectivity index (χ0n) is 11.8. The summed E-state index contributed by atoms with van der Waals surface area (Å²) in [6, 6.07) is 6.21. The van der Waals surface area contributed by atoms with Crippen LogP contribution in [0.15, 0.2) is 18.2 Å². The molecule has 1 saturated heterocycles. The first kappa shape index (κ1) is 14.0. The molecule has 0 spiro atoms. The Labute approximate surface area is 115 Å². The van der Waals surface area contributed by atoms with Crippen molar-refractivity contribution in [3.8, 4) is 17.2 Å². The summed E-state index contributed by atoms with van der Waals surface area (Å²) in [5, 5.41) is 3.52. The molecule has 19 heavy (non-hydrogen) atoms. The number of rotatable bonds is 6. The van der Waals surface area contributed by atoms with Crippen LogP contribution in [0, 0.1) is 0 Å². The number of nitrogens with one attached hydrogen (secondary N) is 1. The van der Waals surface area contributed by atoms with Crippen molar-refractivity contribution in [3.05, 3.63) is 18.2 Å². The average molecular weight is 265 g/mol. The maximum atomic E-state index is 5.79. The average Bonchev–Trinajstić information content (AvgIpc) is 2.48. The highest BCUT2D eigenvalue weighted by molar-refractivity contribution is 5.41. The van der Waals surface area contributed by atoms with E-state index in [9.17, 15) is 0 Å². The molecule has 4 nitrogen and oxygen atoms in total. The predicted molar refractivity (Wildman–Crippen MR) is 75.3 cm³/mol. The minimum Gasteiger partial charge on any atom is -0.496 e. The largest absolute Gasteiger partial charge is 0.496 e. The minimum atomic E-state index is 0.598. The molecule has 0 saturated carbocycles. The molecule has 0 aliphatic carbocycles. The fourth-order valence-corrected chi connectivity index (χ4v) is 2.35. The molecule has 2 rings (SSSR count). The van der Waals surface area contributed by atoms with Gasteiger partial charge in [0.1, 0.15) is 17.2 Å². The Morgan fingerprint density at radius 2 is 1.74 bits per heavy atom. The van der Waals surface area contributed by atoms with Gasteiger partial charge in [-0.2, -0.15) is 0 Å². The molecule has 1 aliphatic rings. The first-order valence-electron chi connectivity index (χ1n) is 6.91. The Morgan fingerprint density at radius 3 is 2.32 bits per heavy atom. The summed E-state index contributed by atoms with van der Waals surface area (Å²) >= 11 is 0. The van der Waals surface area contributed by atoms with Gasteiger partial charge in [0.05, 0.1) is 20.8 Å². The van der Waals surface area contributed by atoms with Gasteiger partial charge in [-0.05, 0) is 25.8 Å². The van der Waals surface area contributed by atoms with Gasteiger partial charge in [-0.1, -0.05) is 6.42 Å². The molecule has 1 unspecified atom stereocenters. The van der Waals surface area contributed by atoms with Gasteiger partial charge in [-0.25, -0.2) is 0 Å². The molecule has 4 heteroatoms. The summed E-state index contributed by atoms with van der Waals surface area (Å²) in [6.07, 6.45) is 4.92. The zero-order valence-corrected chi connectivity index (χ0v) is 11.8. The maximum absolute atomic E-state index is 5.79. The highest BCUT2D eigenvalue weighted by atomic mass is 16.5. The summed E-state index contributed by atoms with van der Waals surface area (Å²) in [5.74, 6) is 2.31. The van der Waals surface area contributed by atoms with Crippen LogP contribution in [-0.2, 0) is 0 Å². The number of ether oxygens (including phenoxy) is 3. The van der Waals surface area contributed by atoms with E-state index in [4.69, 9.17) is 14.2 Å². The van der Waals surface area contributed by atoms with Gasteiger partial charge in [-0.15, -0.1) is 0 Å². The molecule has 1 aromatic rings. The van der Waals surface area contributed by atoms with E-state index in [2.05, 4.69) is 5.32 Å². The monoisotopic (exact) mass is 265 g/mol. The molecule has 1 N–H and O–H groups in total. The van der Waals surface area contributed by atoms with Crippen LogP contribution in [0.5, 0.6) is 17.2 Å². The minimum absolute atomic E-state index is 0.598. The molecule has 1 aliphatic heterocycles. The number of piperidine rings is 1. The Morgan fingerprint density at radius 1 is 1.05 bits per heavy atom. The van der Waals surface area contributed by atoms with E-state index in [0.717, 1.165) is 30.2 Å². The van der Waals surface area contributed by atoms with Gasteiger partial charge in [0.15, 0.2) is 0 Å². The molecule has 0 aromatic heterocycles. The lowest BCUT2D eigenvalue weighted by Crippen LogP contribution is -2.35. The van der Waals surface area contributed by atoms with Crippen molar-refractivity contribution in [1.82, 2.24) is 5.32 Å². The molecule has 106 valence electrons. The van der Waals surface area contributed by atoms with E-state index in [1.54, 1.807) is 14.2 Å². The van der Waals surface area contributed by atoms with Crippen LogP contribution in [0.4, 0.5) is 0 Å². The molecule has 1 fully saturated rings. The fraction of sp³-hybridized carbons (Fsp3) is 0.600. The highest BCUT2D eigenvalue weighted by Crippen LogP contribution is 2.27. The Hall–Kier alpha value is -1.42. The third-order valence-corrected chi connectivity index (χ3v) is 3.47. The third kappa shape index (κ3) is 4.31. The molecule has 0 amide bonds. The smallest absolute Gasteiger partial charge is 0.126 e. The third-order valence-electron chi connectivity index (χ3n) is 3.47. The van der Waals surface area contributed by atoms with Crippen LogP contribution in [0.3, 0.4) is 0 Å². The molecule has 1 heterocycles. The van der Waals surface area contributed by atoms with Crippen LogP contribution < -0.4 is 19.5 Å². The van der Waals surface area contributed by atoms with Crippen LogP contribution in [-0.4, -0.2) is 33.4 Å². The van der Waals surface area contributed by atoms with Crippen molar-refractivity contribution in [1.29, 1.82) is 0 Å². The van der Waals surface area contributed by atoms with Gasteiger partial charge >= 0.3 is 0 Å². The topological polar surface area (TPSA) is 39.7 Å². The van der Waals surface area contributed by atoms with Crippen molar-refractivity contribution >= 4 is 0 Å². The van der Waals surface area contributed by atoms with Crippen molar-refractivity contribution < 1.29 is 14.2 Å². The summed E-state index contributed by atoms with van der Waals surface area (Å²) in [6.45, 7) is 1.85. The second-order valence-corrected chi connectivity index (χ2v) is 4.83. The number of hydrogen-bond donors (Lipinski definition) is 1. The van der Waals surface area contributed by atoms with Gasteiger partial charge < -0.3 is 19.5 Å². The van der Waals surface area contributed by atoms with Crippen LogP contribution in [0.1, 0.15) is 25.7 Å². The summed E-state index contributed by atoms with van der Waals surface area (Å²) in [4.78, 5) is 0. The number of hydrogen-bond acceptors (Lipinski definition) is 4. The van der Waals surface area contributed by atoms with Gasteiger partial charge in [0.25, 0.3) is 0 Å². The van der Waals surface area contributed by atoms with Crippen LogP contribution in [0.25, 0.3) is 0 Å². The van der Waals surface area contributed by atoms with Gasteiger partial charge in [0.2, 0.25) is 0 Å². The Bertz CT molecular complexity index is 367. The molecule has 0 bridgehead atoms. The van der Waals surface area contributed by atoms with Gasteiger partial charge in [-0.3, -0.25) is 0 Å². The van der Waals surface area contributed by atoms with Gasteiger partial charge in [0, 0.05) is 24.2 Å². The lowest BCUT2D eigenvalue weighted by molar-refractivity contribution is 0.266. The molecule has 0 radical (unpaired) electrons. The van der Waals surface area contributed by atoms with Crippen molar-refractivity contribution in [2.45, 2.75) is 31.7 Å². The van der Waals surface area contributed by atoms with Crippen molar-refractivity contribution in [2.24, 2.45) is 0 Å². The molecule has 1 atom stereocenters. The number of methoxy groups -OCH3 is 2. The Balaban J connectivity index is 1.84. The molecular weight excluding hydrogens is 242 g/mol. The zero-order chi connectivity index (χ0) is 13.5. The Kier molecular flexibility index (Phi) is 5.33. The molecule has 1 aromatic carbocycles. The normalized spacial score (nSPS) is 18.9. The lowest BCUT2D eigenvalue weighted by atomic mass is 10.0. The summed E-state index contributed by atoms with van der Waals surface area (Å²) < 4.78 is 16.2. The fourth-order valence-electron chi connectivity index (χ4n) is 2.35. The van der Waals surface area contributed by atoms with Crippen LogP contribution >= 0.6 is 0 Å². The van der Waals surface area contributed by atoms with E-state index < -0.39 is 0 Å². The highest BCUT2D eigenvalue weighted by Gasteiger charge is 2.12. The summed E-state index contributed by atoms with van der Waals surface area (Å²) in [7, 11) is 3.29. The standard InChI is InChI=1S/C15H23NO3/c1-17-13-9-14(18-2)11-15(10-13)19-8-6-12-5-3-4-7-16-12/h9-12,16H,3-8H2,1-2H3. The second kappa shape index (κ2) is 7.24. The number of benzene rings is 1. The first-order chi connectivity index (χ1) is 9.31. The van der Waals surface area contributed by atoms with E-state index >= 15 is 0 Å². The van der Waals surface area contributed by atoms with E-state index in [1.807, 2.05) is 18.2 Å². The van der Waals surface area contributed by atoms with Crippen LogP contribution in [0.2, 0.25) is 0 Å². The second-order valence-electron chi connectivity index (χ2n) is 4.83. The predicted octanol–water partition coefficient (Wildman–Crippen LogP) is 2.61. The van der Waals surface area contributed by atoms with Crippen molar-refractivity contribution in [2.75, 3.05) is 27.4 Å². The SMILES string of the molecule is COc1cc(OC)cc(OCCC2CCCCN2)c1. The first-order valence-corrected chi connectivity index (χ1v) is 6.91. The van der Waals surface area contributed by atoms with E-state index in [-0.39, 0.29) is 0 Å². The van der Waals surface area contributed by atoms with E-state index in [1.165, 1.54) is 19.3 Å². The quantitative estimate of drug-likeness (QED) is 0.858. The lowest BCUT2D eigenvalue weighted by Gasteiger charge is -2.23. The molecular formula is C15H23NO3.